The molecule has 2 aromatic carbocycles. The van der Waals surface area contributed by atoms with Crippen LogP contribution in [0.5, 0.6) is 11.5 Å². The van der Waals surface area contributed by atoms with Gasteiger partial charge < -0.3 is 14.8 Å². The summed E-state index contributed by atoms with van der Waals surface area (Å²) in [5, 5.41) is 16.9. The first-order valence-electron chi connectivity index (χ1n) is 8.42. The molecule has 0 aliphatic rings. The fourth-order valence-electron chi connectivity index (χ4n) is 2.72. The van der Waals surface area contributed by atoms with E-state index in [9.17, 15) is 4.79 Å². The summed E-state index contributed by atoms with van der Waals surface area (Å²) in [7, 11) is 3.10. The lowest BCUT2D eigenvalue weighted by molar-refractivity contribution is -0.117. The van der Waals surface area contributed by atoms with E-state index >= 15 is 0 Å². The number of tetrazole rings is 1. The largest absolute Gasteiger partial charge is 0.493 e. The molecule has 1 atom stereocenters. The van der Waals surface area contributed by atoms with Gasteiger partial charge in [0.05, 0.1) is 14.2 Å². The fraction of sp³-hybridized carbons (Fsp3) is 0.263. The van der Waals surface area contributed by atoms with Crippen LogP contribution in [-0.2, 0) is 11.2 Å². The number of ether oxygens (including phenoxy) is 2. The van der Waals surface area contributed by atoms with Gasteiger partial charge in [-0.15, -0.1) is 10.2 Å². The van der Waals surface area contributed by atoms with Gasteiger partial charge >= 0.3 is 0 Å². The van der Waals surface area contributed by atoms with Crippen LogP contribution in [0.1, 0.15) is 22.9 Å². The Hall–Kier alpha value is -3.42. The highest BCUT2D eigenvalue weighted by Crippen LogP contribution is 2.30. The van der Waals surface area contributed by atoms with Gasteiger partial charge in [0.25, 0.3) is 0 Å². The van der Waals surface area contributed by atoms with Gasteiger partial charge in [0.15, 0.2) is 17.3 Å². The molecule has 1 unspecified atom stereocenters. The summed E-state index contributed by atoms with van der Waals surface area (Å²) in [5.41, 5.74) is 2.76. The summed E-state index contributed by atoms with van der Waals surface area (Å²) in [5.74, 6) is 0.645. The van der Waals surface area contributed by atoms with Crippen molar-refractivity contribution in [3.63, 3.8) is 0 Å². The number of hydrogen-bond acceptors (Lipinski definition) is 6. The van der Waals surface area contributed by atoms with Crippen LogP contribution in [0.25, 0.3) is 0 Å². The van der Waals surface area contributed by atoms with E-state index in [0.29, 0.717) is 29.4 Å². The van der Waals surface area contributed by atoms with Crippen LogP contribution in [0.15, 0.2) is 42.5 Å². The first-order valence-corrected chi connectivity index (χ1v) is 8.42. The topological polar surface area (TPSA) is 102 Å². The van der Waals surface area contributed by atoms with Crippen LogP contribution in [0.3, 0.4) is 0 Å². The second-order valence-corrected chi connectivity index (χ2v) is 6.07. The molecule has 0 aliphatic heterocycles. The van der Waals surface area contributed by atoms with Crippen LogP contribution in [0.2, 0.25) is 0 Å². The molecule has 27 heavy (non-hydrogen) atoms. The Morgan fingerprint density at radius 3 is 2.48 bits per heavy atom. The minimum absolute atomic E-state index is 0.232. The highest BCUT2D eigenvalue weighted by molar-refractivity contribution is 5.95. The van der Waals surface area contributed by atoms with Crippen molar-refractivity contribution in [3.8, 4) is 11.5 Å². The molecule has 140 valence electrons. The van der Waals surface area contributed by atoms with E-state index in [1.807, 2.05) is 31.2 Å². The number of hydrogen-bond donors (Lipinski definition) is 2. The maximum Gasteiger partial charge on any atom is 0.235 e. The molecule has 0 saturated heterocycles. The first kappa shape index (κ1) is 18.4. The zero-order valence-corrected chi connectivity index (χ0v) is 15.4. The number of carbonyl (C=O) groups is 1. The van der Waals surface area contributed by atoms with Gasteiger partial charge in [-0.25, -0.2) is 0 Å². The summed E-state index contributed by atoms with van der Waals surface area (Å²) >= 11 is 0. The average Bonchev–Trinajstić information content (AvgIpc) is 3.21. The van der Waals surface area contributed by atoms with Crippen molar-refractivity contribution in [2.24, 2.45) is 0 Å². The summed E-state index contributed by atoms with van der Waals surface area (Å²) < 4.78 is 10.5. The number of aromatic amines is 1. The standard InChI is InChI=1S/C19H21N5O3/c1-12-4-6-13(7-5-12)10-15(18-21-23-24-22-18)19(25)20-14-8-9-16(26-2)17(11-14)27-3/h4-9,11,15H,10H2,1-3H3,(H,20,25)(H,21,22,23,24). The lowest BCUT2D eigenvalue weighted by Crippen LogP contribution is -2.24. The van der Waals surface area contributed by atoms with Crippen molar-refractivity contribution >= 4 is 11.6 Å². The maximum atomic E-state index is 12.9. The van der Waals surface area contributed by atoms with Crippen molar-refractivity contribution in [2.45, 2.75) is 19.3 Å². The van der Waals surface area contributed by atoms with Gasteiger partial charge in [-0.05, 0) is 31.0 Å². The molecular weight excluding hydrogens is 346 g/mol. The minimum atomic E-state index is -0.584. The predicted octanol–water partition coefficient (Wildman–Crippen LogP) is 2.49. The predicted molar refractivity (Wildman–Crippen MR) is 100.0 cm³/mol. The number of nitrogens with one attached hydrogen (secondary N) is 2. The number of aryl methyl sites for hydroxylation is 1. The zero-order valence-electron chi connectivity index (χ0n) is 15.4. The Morgan fingerprint density at radius 2 is 1.85 bits per heavy atom. The quantitative estimate of drug-likeness (QED) is 0.665. The van der Waals surface area contributed by atoms with Gasteiger partial charge in [-0.3, -0.25) is 4.79 Å². The van der Waals surface area contributed by atoms with Crippen molar-refractivity contribution in [3.05, 3.63) is 59.4 Å². The van der Waals surface area contributed by atoms with Gasteiger partial charge in [0, 0.05) is 11.8 Å². The lowest BCUT2D eigenvalue weighted by atomic mass is 9.97. The van der Waals surface area contributed by atoms with Crippen molar-refractivity contribution < 1.29 is 14.3 Å². The number of anilines is 1. The summed E-state index contributed by atoms with van der Waals surface area (Å²) in [4.78, 5) is 12.9. The van der Waals surface area contributed by atoms with Crippen LogP contribution < -0.4 is 14.8 Å². The smallest absolute Gasteiger partial charge is 0.235 e. The first-order chi connectivity index (χ1) is 13.1. The normalized spacial score (nSPS) is 11.7. The maximum absolute atomic E-state index is 12.9. The zero-order chi connectivity index (χ0) is 19.2. The van der Waals surface area contributed by atoms with Gasteiger partial charge in [-0.1, -0.05) is 35.0 Å². The summed E-state index contributed by atoms with van der Waals surface area (Å²) in [6.45, 7) is 2.02. The van der Waals surface area contributed by atoms with Crippen molar-refractivity contribution in [2.75, 3.05) is 19.5 Å². The fourth-order valence-corrected chi connectivity index (χ4v) is 2.72. The van der Waals surface area contributed by atoms with E-state index in [1.165, 1.54) is 0 Å². The molecule has 8 heteroatoms. The van der Waals surface area contributed by atoms with E-state index in [0.717, 1.165) is 11.1 Å². The molecule has 0 fully saturated rings. The molecular formula is C19H21N5O3. The number of nitrogens with zero attached hydrogens (tertiary/aromatic N) is 3. The molecule has 1 amide bonds. The van der Waals surface area contributed by atoms with Gasteiger partial charge in [-0.2, -0.15) is 5.21 Å². The van der Waals surface area contributed by atoms with Gasteiger partial charge in [0.2, 0.25) is 5.91 Å². The number of methoxy groups -OCH3 is 2. The number of benzene rings is 2. The Balaban J connectivity index is 1.82. The monoisotopic (exact) mass is 367 g/mol. The molecule has 0 radical (unpaired) electrons. The third-order valence-corrected chi connectivity index (χ3v) is 4.20. The molecule has 1 aromatic heterocycles. The molecule has 2 N–H and O–H groups in total. The number of aromatic nitrogens is 4. The second-order valence-electron chi connectivity index (χ2n) is 6.07. The summed E-state index contributed by atoms with van der Waals surface area (Å²) in [6, 6.07) is 13.2. The van der Waals surface area contributed by atoms with Crippen molar-refractivity contribution in [1.29, 1.82) is 0 Å². The molecule has 1 heterocycles. The van der Waals surface area contributed by atoms with Crippen LogP contribution in [-0.4, -0.2) is 40.8 Å². The Kier molecular flexibility index (Phi) is 5.65. The Morgan fingerprint density at radius 1 is 1.11 bits per heavy atom. The van der Waals surface area contributed by atoms with Crippen molar-refractivity contribution in [1.82, 2.24) is 20.6 Å². The van der Waals surface area contributed by atoms with Crippen LogP contribution >= 0.6 is 0 Å². The van der Waals surface area contributed by atoms with E-state index in [-0.39, 0.29) is 5.91 Å². The molecule has 8 nitrogen and oxygen atoms in total. The molecule has 0 aliphatic carbocycles. The minimum Gasteiger partial charge on any atom is -0.493 e. The number of rotatable bonds is 7. The average molecular weight is 367 g/mol. The Bertz CT molecular complexity index is 894. The van der Waals surface area contributed by atoms with E-state index in [2.05, 4.69) is 25.9 Å². The highest BCUT2D eigenvalue weighted by Gasteiger charge is 2.25. The number of carbonyl (C=O) groups excluding carboxylic acids is 1. The van der Waals surface area contributed by atoms with E-state index in [1.54, 1.807) is 32.4 Å². The van der Waals surface area contributed by atoms with Gasteiger partial charge in [0.1, 0.15) is 5.92 Å². The molecule has 0 saturated carbocycles. The number of H-pyrrole nitrogens is 1. The molecule has 0 bridgehead atoms. The van der Waals surface area contributed by atoms with Crippen LogP contribution in [0.4, 0.5) is 5.69 Å². The van der Waals surface area contributed by atoms with Crippen LogP contribution in [0, 0.1) is 6.92 Å². The van der Waals surface area contributed by atoms with E-state index in [4.69, 9.17) is 9.47 Å². The highest BCUT2D eigenvalue weighted by atomic mass is 16.5. The Labute approximate surface area is 156 Å². The molecule has 3 aromatic rings. The number of amides is 1. The third-order valence-electron chi connectivity index (χ3n) is 4.20. The SMILES string of the molecule is COc1ccc(NC(=O)C(Cc2ccc(C)cc2)c2nn[nH]n2)cc1OC. The molecule has 3 rings (SSSR count). The molecule has 0 spiro atoms. The summed E-state index contributed by atoms with van der Waals surface area (Å²) in [6.07, 6.45) is 0.457. The third kappa shape index (κ3) is 4.41. The lowest BCUT2D eigenvalue weighted by Gasteiger charge is -2.15. The van der Waals surface area contributed by atoms with E-state index < -0.39 is 5.92 Å². The second kappa shape index (κ2) is 8.31.